The van der Waals surface area contributed by atoms with E-state index in [1.54, 1.807) is 7.05 Å². The van der Waals surface area contributed by atoms with E-state index in [2.05, 4.69) is 15.6 Å². The van der Waals surface area contributed by atoms with Crippen molar-refractivity contribution in [3.63, 3.8) is 0 Å². The first-order chi connectivity index (χ1) is 14.1. The van der Waals surface area contributed by atoms with Crippen molar-refractivity contribution in [3.8, 4) is 5.75 Å². The van der Waals surface area contributed by atoms with Crippen LogP contribution in [0.15, 0.2) is 47.5 Å². The van der Waals surface area contributed by atoms with Gasteiger partial charge in [-0.3, -0.25) is 9.79 Å². The van der Waals surface area contributed by atoms with Crippen molar-refractivity contribution < 1.29 is 18.3 Å². The molecule has 0 bridgehead atoms. The molecular formula is C21H24F2N4O2. The summed E-state index contributed by atoms with van der Waals surface area (Å²) in [6.45, 7) is 1.92. The third-order valence-corrected chi connectivity index (χ3v) is 4.55. The van der Waals surface area contributed by atoms with Gasteiger partial charge in [0, 0.05) is 38.3 Å². The number of amides is 1. The first-order valence-corrected chi connectivity index (χ1v) is 9.48. The maximum Gasteiger partial charge on any atom is 0.227 e. The Balaban J connectivity index is 1.41. The minimum absolute atomic E-state index is 0.00715. The van der Waals surface area contributed by atoms with Gasteiger partial charge >= 0.3 is 0 Å². The standard InChI is InChI=1S/C21H24F2N4O2/c1-24-21(25-10-12-29-19-9-6-16(22)13-18(19)23)26-14-15-4-7-17(8-5-15)27-11-2-3-20(27)28/h4-9,13H,2-3,10-12,14H2,1H3,(H2,24,25,26). The third kappa shape index (κ3) is 5.66. The smallest absolute Gasteiger partial charge is 0.227 e. The lowest BCUT2D eigenvalue weighted by Crippen LogP contribution is -2.38. The summed E-state index contributed by atoms with van der Waals surface area (Å²) in [4.78, 5) is 17.7. The highest BCUT2D eigenvalue weighted by Gasteiger charge is 2.21. The van der Waals surface area contributed by atoms with Crippen LogP contribution in [0.25, 0.3) is 0 Å². The van der Waals surface area contributed by atoms with Crippen LogP contribution in [0.3, 0.4) is 0 Å². The molecule has 2 aromatic rings. The van der Waals surface area contributed by atoms with Crippen molar-refractivity contribution in [2.24, 2.45) is 4.99 Å². The van der Waals surface area contributed by atoms with Crippen molar-refractivity contribution in [1.29, 1.82) is 0 Å². The molecule has 6 nitrogen and oxygen atoms in total. The first kappa shape index (κ1) is 20.6. The lowest BCUT2D eigenvalue weighted by atomic mass is 10.2. The summed E-state index contributed by atoms with van der Waals surface area (Å²) in [5.74, 6) is -0.618. The van der Waals surface area contributed by atoms with Crippen LogP contribution in [-0.4, -0.2) is 38.6 Å². The summed E-state index contributed by atoms with van der Waals surface area (Å²) in [6, 6.07) is 11.0. The second-order valence-electron chi connectivity index (χ2n) is 6.59. The fourth-order valence-corrected chi connectivity index (χ4v) is 3.04. The predicted octanol–water partition coefficient (Wildman–Crippen LogP) is 2.84. The third-order valence-electron chi connectivity index (χ3n) is 4.55. The molecule has 154 valence electrons. The maximum atomic E-state index is 13.5. The SMILES string of the molecule is CN=C(NCCOc1ccc(F)cc1F)NCc1ccc(N2CCCC2=O)cc1. The number of rotatable bonds is 7. The lowest BCUT2D eigenvalue weighted by molar-refractivity contribution is -0.117. The molecule has 0 atom stereocenters. The number of ether oxygens (including phenoxy) is 1. The van der Waals surface area contributed by atoms with Gasteiger partial charge in [-0.2, -0.15) is 0 Å². The van der Waals surface area contributed by atoms with Crippen molar-refractivity contribution in [1.82, 2.24) is 10.6 Å². The topological polar surface area (TPSA) is 66.0 Å². The highest BCUT2D eigenvalue weighted by Crippen LogP contribution is 2.21. The summed E-state index contributed by atoms with van der Waals surface area (Å²) in [6.07, 6.45) is 1.52. The van der Waals surface area contributed by atoms with Crippen LogP contribution in [0.5, 0.6) is 5.75 Å². The van der Waals surface area contributed by atoms with Gasteiger partial charge in [0.1, 0.15) is 12.4 Å². The molecule has 3 rings (SSSR count). The molecule has 1 heterocycles. The Bertz CT molecular complexity index is 871. The van der Waals surface area contributed by atoms with E-state index in [0.717, 1.165) is 36.3 Å². The van der Waals surface area contributed by atoms with E-state index >= 15 is 0 Å². The molecule has 0 radical (unpaired) electrons. The second-order valence-corrected chi connectivity index (χ2v) is 6.59. The molecule has 0 aromatic heterocycles. The zero-order valence-corrected chi connectivity index (χ0v) is 16.3. The maximum absolute atomic E-state index is 13.5. The molecule has 1 aliphatic heterocycles. The lowest BCUT2D eigenvalue weighted by Gasteiger charge is -2.16. The molecule has 2 aromatic carbocycles. The predicted molar refractivity (Wildman–Crippen MR) is 108 cm³/mol. The fraction of sp³-hybridized carbons (Fsp3) is 0.333. The Morgan fingerprint density at radius 1 is 1.17 bits per heavy atom. The normalized spacial score (nSPS) is 14.2. The number of halogens is 2. The van der Waals surface area contributed by atoms with E-state index < -0.39 is 11.6 Å². The minimum Gasteiger partial charge on any atom is -0.489 e. The molecule has 1 amide bonds. The second kappa shape index (κ2) is 9.86. The van der Waals surface area contributed by atoms with Crippen LogP contribution in [0, 0.1) is 11.6 Å². The molecule has 0 saturated carbocycles. The van der Waals surface area contributed by atoms with Gasteiger partial charge in [-0.05, 0) is 36.2 Å². The quantitative estimate of drug-likeness (QED) is 0.425. The number of nitrogens with zero attached hydrogens (tertiary/aromatic N) is 2. The van der Waals surface area contributed by atoms with Gasteiger partial charge in [-0.15, -0.1) is 0 Å². The molecule has 1 fully saturated rings. The Labute approximate surface area is 168 Å². The number of carbonyl (C=O) groups excluding carboxylic acids is 1. The zero-order chi connectivity index (χ0) is 20.6. The van der Waals surface area contributed by atoms with Crippen molar-refractivity contribution in [2.45, 2.75) is 19.4 Å². The van der Waals surface area contributed by atoms with Crippen molar-refractivity contribution >= 4 is 17.6 Å². The monoisotopic (exact) mass is 402 g/mol. The van der Waals surface area contributed by atoms with Crippen LogP contribution < -0.4 is 20.3 Å². The van der Waals surface area contributed by atoms with E-state index in [1.807, 2.05) is 29.2 Å². The Hall–Kier alpha value is -3.16. The van der Waals surface area contributed by atoms with E-state index in [0.29, 0.717) is 25.5 Å². The van der Waals surface area contributed by atoms with Gasteiger partial charge in [0.25, 0.3) is 0 Å². The fourth-order valence-electron chi connectivity index (χ4n) is 3.04. The number of carbonyl (C=O) groups is 1. The number of aliphatic imine (C=N–C) groups is 1. The minimum atomic E-state index is -0.730. The van der Waals surface area contributed by atoms with Crippen LogP contribution in [-0.2, 0) is 11.3 Å². The number of hydrogen-bond donors (Lipinski definition) is 2. The summed E-state index contributed by atoms with van der Waals surface area (Å²) in [7, 11) is 1.65. The van der Waals surface area contributed by atoms with E-state index in [9.17, 15) is 13.6 Å². The Morgan fingerprint density at radius 2 is 1.97 bits per heavy atom. The summed E-state index contributed by atoms with van der Waals surface area (Å²) in [5, 5.41) is 6.25. The average Bonchev–Trinajstić information content (AvgIpc) is 3.15. The van der Waals surface area contributed by atoms with Crippen LogP contribution in [0.2, 0.25) is 0 Å². The summed E-state index contributed by atoms with van der Waals surface area (Å²) >= 11 is 0. The molecule has 0 aliphatic carbocycles. The molecule has 0 spiro atoms. The van der Waals surface area contributed by atoms with E-state index in [4.69, 9.17) is 4.74 Å². The first-order valence-electron chi connectivity index (χ1n) is 9.48. The van der Waals surface area contributed by atoms with Crippen molar-refractivity contribution in [3.05, 3.63) is 59.7 Å². The Kier molecular flexibility index (Phi) is 6.99. The largest absolute Gasteiger partial charge is 0.489 e. The van der Waals surface area contributed by atoms with Gasteiger partial charge in [0.2, 0.25) is 5.91 Å². The summed E-state index contributed by atoms with van der Waals surface area (Å²) < 4.78 is 31.7. The van der Waals surface area contributed by atoms with Crippen LogP contribution in [0.4, 0.5) is 14.5 Å². The molecule has 2 N–H and O–H groups in total. The number of hydrogen-bond acceptors (Lipinski definition) is 3. The van der Waals surface area contributed by atoms with Crippen LogP contribution in [0.1, 0.15) is 18.4 Å². The van der Waals surface area contributed by atoms with E-state index in [-0.39, 0.29) is 18.3 Å². The van der Waals surface area contributed by atoms with Crippen LogP contribution >= 0.6 is 0 Å². The molecule has 1 aliphatic rings. The van der Waals surface area contributed by atoms with E-state index in [1.165, 1.54) is 6.07 Å². The zero-order valence-electron chi connectivity index (χ0n) is 16.3. The van der Waals surface area contributed by atoms with Crippen molar-refractivity contribution in [2.75, 3.05) is 31.6 Å². The number of benzene rings is 2. The number of guanidine groups is 1. The average molecular weight is 402 g/mol. The van der Waals surface area contributed by atoms with Gasteiger partial charge in [0.05, 0.1) is 6.54 Å². The molecule has 8 heteroatoms. The molecule has 1 saturated heterocycles. The summed E-state index contributed by atoms with van der Waals surface area (Å²) in [5.41, 5.74) is 1.97. The van der Waals surface area contributed by atoms with Gasteiger partial charge < -0.3 is 20.3 Å². The van der Waals surface area contributed by atoms with Gasteiger partial charge in [0.15, 0.2) is 17.5 Å². The van der Waals surface area contributed by atoms with Gasteiger partial charge in [-0.25, -0.2) is 8.78 Å². The highest BCUT2D eigenvalue weighted by molar-refractivity contribution is 5.95. The number of anilines is 1. The highest BCUT2D eigenvalue weighted by atomic mass is 19.1. The van der Waals surface area contributed by atoms with Gasteiger partial charge in [-0.1, -0.05) is 12.1 Å². The molecular weight excluding hydrogens is 378 g/mol. The Morgan fingerprint density at radius 3 is 2.62 bits per heavy atom. The molecule has 0 unspecified atom stereocenters. The number of nitrogens with one attached hydrogen (secondary N) is 2. The molecule has 29 heavy (non-hydrogen) atoms.